The van der Waals surface area contributed by atoms with Crippen LogP contribution in [-0.2, 0) is 0 Å². The first-order valence-electron chi connectivity index (χ1n) is 7.00. The lowest BCUT2D eigenvalue weighted by atomic mass is 9.99. The highest BCUT2D eigenvalue weighted by Crippen LogP contribution is 2.26. The molecule has 0 bridgehead atoms. The Kier molecular flexibility index (Phi) is 3.19. The van der Waals surface area contributed by atoms with E-state index in [0.29, 0.717) is 6.04 Å². The third-order valence-electron chi connectivity index (χ3n) is 4.22. The van der Waals surface area contributed by atoms with Crippen molar-refractivity contribution >= 4 is 6.03 Å². The number of hydrogen-bond acceptors (Lipinski definition) is 2. The van der Waals surface area contributed by atoms with Gasteiger partial charge in [-0.3, -0.25) is 0 Å². The molecule has 2 N–H and O–H groups in total. The van der Waals surface area contributed by atoms with Crippen molar-refractivity contribution in [3.8, 4) is 0 Å². The van der Waals surface area contributed by atoms with Crippen LogP contribution in [-0.4, -0.2) is 36.6 Å². The SMILES string of the molecule is Cc1ccc(C)c(C2CN(C3CCNC3)C(=O)N2)c1. The molecule has 2 fully saturated rings. The Morgan fingerprint density at radius 1 is 1.32 bits per heavy atom. The van der Waals surface area contributed by atoms with E-state index < -0.39 is 0 Å². The minimum Gasteiger partial charge on any atom is -0.329 e. The predicted octanol–water partition coefficient (Wildman–Crippen LogP) is 1.73. The van der Waals surface area contributed by atoms with Crippen molar-refractivity contribution in [2.75, 3.05) is 19.6 Å². The maximum Gasteiger partial charge on any atom is 0.318 e. The summed E-state index contributed by atoms with van der Waals surface area (Å²) < 4.78 is 0. The standard InChI is InChI=1S/C15H21N3O/c1-10-3-4-11(2)13(7-10)14-9-18(15(19)17-14)12-5-6-16-8-12/h3-4,7,12,14,16H,5-6,8-9H2,1-2H3,(H,17,19). The van der Waals surface area contributed by atoms with Gasteiger partial charge >= 0.3 is 6.03 Å². The van der Waals surface area contributed by atoms with Gasteiger partial charge < -0.3 is 15.5 Å². The van der Waals surface area contributed by atoms with Gasteiger partial charge in [-0.1, -0.05) is 23.8 Å². The first kappa shape index (κ1) is 12.5. The van der Waals surface area contributed by atoms with Crippen molar-refractivity contribution in [1.82, 2.24) is 15.5 Å². The average molecular weight is 259 g/mol. The van der Waals surface area contributed by atoms with Crippen LogP contribution in [0, 0.1) is 13.8 Å². The zero-order valence-electron chi connectivity index (χ0n) is 11.6. The molecule has 0 spiro atoms. The molecule has 0 radical (unpaired) electrons. The van der Waals surface area contributed by atoms with Crippen molar-refractivity contribution in [2.45, 2.75) is 32.4 Å². The Balaban J connectivity index is 1.80. The second kappa shape index (κ2) is 4.85. The number of nitrogens with one attached hydrogen (secondary N) is 2. The molecule has 3 rings (SSSR count). The topological polar surface area (TPSA) is 44.4 Å². The summed E-state index contributed by atoms with van der Waals surface area (Å²) in [5.74, 6) is 0. The molecule has 102 valence electrons. The van der Waals surface area contributed by atoms with Crippen LogP contribution in [0.2, 0.25) is 0 Å². The maximum atomic E-state index is 12.1. The zero-order chi connectivity index (χ0) is 13.4. The second-order valence-corrected chi connectivity index (χ2v) is 5.66. The van der Waals surface area contributed by atoms with E-state index in [0.717, 1.165) is 26.1 Å². The third kappa shape index (κ3) is 2.32. The molecule has 2 heterocycles. The monoisotopic (exact) mass is 259 g/mol. The van der Waals surface area contributed by atoms with Crippen LogP contribution < -0.4 is 10.6 Å². The number of nitrogens with zero attached hydrogens (tertiary/aromatic N) is 1. The summed E-state index contributed by atoms with van der Waals surface area (Å²) in [5, 5.41) is 6.45. The highest BCUT2D eigenvalue weighted by Gasteiger charge is 2.36. The number of urea groups is 1. The molecular weight excluding hydrogens is 238 g/mol. The molecule has 2 aliphatic heterocycles. The number of carbonyl (C=O) groups excluding carboxylic acids is 1. The number of amides is 2. The van der Waals surface area contributed by atoms with Crippen molar-refractivity contribution in [3.63, 3.8) is 0 Å². The highest BCUT2D eigenvalue weighted by molar-refractivity contribution is 5.77. The van der Waals surface area contributed by atoms with Gasteiger partial charge in [0.15, 0.2) is 0 Å². The van der Waals surface area contributed by atoms with E-state index in [1.54, 1.807) is 0 Å². The predicted molar refractivity (Wildman–Crippen MR) is 75.2 cm³/mol. The van der Waals surface area contributed by atoms with Crippen LogP contribution in [0.15, 0.2) is 18.2 Å². The molecule has 0 saturated carbocycles. The van der Waals surface area contributed by atoms with Gasteiger partial charge in [0.2, 0.25) is 0 Å². The molecule has 4 heteroatoms. The van der Waals surface area contributed by atoms with Crippen molar-refractivity contribution in [3.05, 3.63) is 34.9 Å². The Morgan fingerprint density at radius 2 is 2.16 bits per heavy atom. The fourth-order valence-electron chi connectivity index (χ4n) is 3.09. The summed E-state index contributed by atoms with van der Waals surface area (Å²) >= 11 is 0. The molecule has 2 amide bonds. The fraction of sp³-hybridized carbons (Fsp3) is 0.533. The van der Waals surface area contributed by atoms with Crippen molar-refractivity contribution in [2.24, 2.45) is 0 Å². The first-order valence-corrected chi connectivity index (χ1v) is 7.00. The van der Waals surface area contributed by atoms with Gasteiger partial charge in [0, 0.05) is 19.1 Å². The van der Waals surface area contributed by atoms with Crippen LogP contribution in [0.1, 0.15) is 29.2 Å². The van der Waals surface area contributed by atoms with Crippen LogP contribution in [0.4, 0.5) is 4.79 Å². The van der Waals surface area contributed by atoms with Gasteiger partial charge in [-0.2, -0.15) is 0 Å². The van der Waals surface area contributed by atoms with E-state index >= 15 is 0 Å². The lowest BCUT2D eigenvalue weighted by molar-refractivity contribution is 0.201. The molecule has 4 nitrogen and oxygen atoms in total. The molecule has 0 aliphatic carbocycles. The molecule has 1 aromatic rings. The first-order chi connectivity index (χ1) is 9.15. The molecule has 2 saturated heterocycles. The van der Waals surface area contributed by atoms with Gasteiger partial charge in [0.1, 0.15) is 0 Å². The largest absolute Gasteiger partial charge is 0.329 e. The van der Waals surface area contributed by atoms with Crippen LogP contribution in [0.25, 0.3) is 0 Å². The maximum absolute atomic E-state index is 12.1. The quantitative estimate of drug-likeness (QED) is 0.849. The summed E-state index contributed by atoms with van der Waals surface area (Å²) in [6.45, 7) is 6.93. The van der Waals surface area contributed by atoms with Gasteiger partial charge in [0.25, 0.3) is 0 Å². The Bertz CT molecular complexity index is 494. The Morgan fingerprint density at radius 3 is 2.89 bits per heavy atom. The Labute approximate surface area is 114 Å². The average Bonchev–Trinajstić information content (AvgIpc) is 3.01. The summed E-state index contributed by atoms with van der Waals surface area (Å²) in [6.07, 6.45) is 1.06. The zero-order valence-corrected chi connectivity index (χ0v) is 11.6. The number of benzene rings is 1. The normalized spacial score (nSPS) is 26.8. The van der Waals surface area contributed by atoms with E-state index in [9.17, 15) is 4.79 Å². The number of hydrogen-bond donors (Lipinski definition) is 2. The molecule has 2 atom stereocenters. The lowest BCUT2D eigenvalue weighted by Gasteiger charge is -2.22. The molecular formula is C15H21N3O. The fourth-order valence-corrected chi connectivity index (χ4v) is 3.09. The van der Waals surface area contributed by atoms with E-state index in [2.05, 4.69) is 42.7 Å². The second-order valence-electron chi connectivity index (χ2n) is 5.66. The van der Waals surface area contributed by atoms with Crippen LogP contribution in [0.3, 0.4) is 0 Å². The number of carbonyl (C=O) groups is 1. The highest BCUT2D eigenvalue weighted by atomic mass is 16.2. The van der Waals surface area contributed by atoms with E-state index in [1.165, 1.54) is 16.7 Å². The minimum atomic E-state index is 0.0830. The van der Waals surface area contributed by atoms with Crippen LogP contribution in [0.5, 0.6) is 0 Å². The summed E-state index contributed by atoms with van der Waals surface area (Å²) in [6, 6.07) is 7.02. The van der Waals surface area contributed by atoms with Crippen molar-refractivity contribution < 1.29 is 4.79 Å². The van der Waals surface area contributed by atoms with Gasteiger partial charge in [-0.15, -0.1) is 0 Å². The van der Waals surface area contributed by atoms with E-state index in [-0.39, 0.29) is 12.1 Å². The summed E-state index contributed by atoms with van der Waals surface area (Å²) in [5.41, 5.74) is 3.75. The smallest absolute Gasteiger partial charge is 0.318 e. The van der Waals surface area contributed by atoms with Gasteiger partial charge in [-0.05, 0) is 37.9 Å². The molecule has 19 heavy (non-hydrogen) atoms. The van der Waals surface area contributed by atoms with Gasteiger partial charge in [-0.25, -0.2) is 4.79 Å². The molecule has 1 aromatic carbocycles. The van der Waals surface area contributed by atoms with E-state index in [1.807, 2.05) is 4.90 Å². The van der Waals surface area contributed by atoms with E-state index in [4.69, 9.17) is 0 Å². The third-order valence-corrected chi connectivity index (χ3v) is 4.22. The van der Waals surface area contributed by atoms with Gasteiger partial charge in [0.05, 0.1) is 6.04 Å². The Hall–Kier alpha value is -1.55. The molecule has 0 aromatic heterocycles. The lowest BCUT2D eigenvalue weighted by Crippen LogP contribution is -2.39. The van der Waals surface area contributed by atoms with Crippen LogP contribution >= 0.6 is 0 Å². The van der Waals surface area contributed by atoms with Crippen molar-refractivity contribution in [1.29, 1.82) is 0 Å². The number of rotatable bonds is 2. The molecule has 2 aliphatic rings. The minimum absolute atomic E-state index is 0.0830. The molecule has 2 unspecified atom stereocenters. The number of aryl methyl sites for hydroxylation is 2. The summed E-state index contributed by atoms with van der Waals surface area (Å²) in [4.78, 5) is 14.1. The summed E-state index contributed by atoms with van der Waals surface area (Å²) in [7, 11) is 0.